The Kier molecular flexibility index (Phi) is 5.50. The summed E-state index contributed by atoms with van der Waals surface area (Å²) < 4.78 is 33.8. The zero-order valence-corrected chi connectivity index (χ0v) is 10.4. The van der Waals surface area contributed by atoms with Crippen molar-refractivity contribution in [3.8, 4) is 11.5 Å². The second-order valence-electron chi connectivity index (χ2n) is 3.81. The first-order chi connectivity index (χ1) is 8.93. The number of aliphatic carboxylic acids is 1. The van der Waals surface area contributed by atoms with Gasteiger partial charge in [-0.3, -0.25) is 0 Å². The lowest BCUT2D eigenvalue weighted by molar-refractivity contribution is -0.437. The van der Waals surface area contributed by atoms with E-state index in [2.05, 4.69) is 10.5 Å². The molecule has 1 atom stereocenters. The molecule has 0 aliphatic rings. The molecule has 106 valence electrons. The number of benzene rings is 1. The summed E-state index contributed by atoms with van der Waals surface area (Å²) >= 11 is 0. The maximum Gasteiger partial charge on any atom is 0.387 e. The van der Waals surface area contributed by atoms with Gasteiger partial charge in [-0.15, -0.1) is 0 Å². The summed E-state index contributed by atoms with van der Waals surface area (Å²) in [6, 6.07) is 3.34. The number of rotatable bonds is 7. The SMILES string of the molecule is CCOc1cc(C[C@H]([NH3+])C(=O)[O-])ccc1OC(F)F. The highest BCUT2D eigenvalue weighted by atomic mass is 19.3. The fourth-order valence-electron chi connectivity index (χ4n) is 1.51. The number of carbonyl (C=O) groups excluding carboxylic acids is 1. The smallest absolute Gasteiger partial charge is 0.387 e. The quantitative estimate of drug-likeness (QED) is 0.733. The van der Waals surface area contributed by atoms with Gasteiger partial charge in [0.25, 0.3) is 0 Å². The average molecular weight is 275 g/mol. The number of hydrogen-bond acceptors (Lipinski definition) is 4. The third-order valence-electron chi connectivity index (χ3n) is 2.34. The van der Waals surface area contributed by atoms with Gasteiger partial charge < -0.3 is 25.1 Å². The van der Waals surface area contributed by atoms with E-state index in [1.165, 1.54) is 18.2 Å². The number of carbonyl (C=O) groups is 1. The van der Waals surface area contributed by atoms with Crippen LogP contribution in [-0.4, -0.2) is 25.2 Å². The van der Waals surface area contributed by atoms with E-state index < -0.39 is 18.6 Å². The highest BCUT2D eigenvalue weighted by Gasteiger charge is 2.14. The normalized spacial score (nSPS) is 12.3. The number of halogens is 2. The topological polar surface area (TPSA) is 86.2 Å². The average Bonchev–Trinajstić information content (AvgIpc) is 2.32. The van der Waals surface area contributed by atoms with Gasteiger partial charge in [-0.1, -0.05) is 6.07 Å². The van der Waals surface area contributed by atoms with E-state index >= 15 is 0 Å². The van der Waals surface area contributed by atoms with E-state index in [0.717, 1.165) is 0 Å². The van der Waals surface area contributed by atoms with Gasteiger partial charge in [-0.2, -0.15) is 8.78 Å². The van der Waals surface area contributed by atoms with E-state index in [9.17, 15) is 18.7 Å². The summed E-state index contributed by atoms with van der Waals surface area (Å²) in [5.41, 5.74) is 4.02. The summed E-state index contributed by atoms with van der Waals surface area (Å²) in [4.78, 5) is 10.6. The van der Waals surface area contributed by atoms with E-state index in [0.29, 0.717) is 5.56 Å². The predicted octanol–water partition coefficient (Wildman–Crippen LogP) is -0.410. The zero-order valence-electron chi connectivity index (χ0n) is 10.4. The Labute approximate surface area is 108 Å². The van der Waals surface area contributed by atoms with E-state index in [1.807, 2.05) is 0 Å². The van der Waals surface area contributed by atoms with Crippen LogP contribution in [0.2, 0.25) is 0 Å². The molecule has 0 aliphatic carbocycles. The Morgan fingerprint density at radius 3 is 2.63 bits per heavy atom. The number of hydrogen-bond donors (Lipinski definition) is 1. The van der Waals surface area contributed by atoms with Crippen LogP contribution < -0.4 is 20.3 Å². The van der Waals surface area contributed by atoms with E-state index in [4.69, 9.17) is 4.74 Å². The van der Waals surface area contributed by atoms with Crippen LogP contribution >= 0.6 is 0 Å². The number of quaternary nitrogens is 1. The predicted molar refractivity (Wildman–Crippen MR) is 59.6 cm³/mol. The largest absolute Gasteiger partial charge is 0.544 e. The molecule has 0 bridgehead atoms. The molecule has 0 fully saturated rings. The van der Waals surface area contributed by atoms with Gasteiger partial charge in [0, 0.05) is 6.42 Å². The summed E-state index contributed by atoms with van der Waals surface area (Å²) in [6.45, 7) is -0.976. The van der Waals surface area contributed by atoms with E-state index in [-0.39, 0.29) is 24.5 Å². The zero-order chi connectivity index (χ0) is 14.4. The summed E-state index contributed by atoms with van der Waals surface area (Å²) in [6.07, 6.45) is 0.122. The Balaban J connectivity index is 2.91. The van der Waals surface area contributed by atoms with Gasteiger partial charge in [0.2, 0.25) is 0 Å². The van der Waals surface area contributed by atoms with Crippen molar-refractivity contribution in [3.63, 3.8) is 0 Å². The molecule has 0 spiro atoms. The molecule has 0 radical (unpaired) electrons. The lowest BCUT2D eigenvalue weighted by atomic mass is 10.1. The molecule has 0 saturated carbocycles. The van der Waals surface area contributed by atoms with Gasteiger partial charge in [-0.05, 0) is 24.6 Å². The fraction of sp³-hybridized carbons (Fsp3) is 0.417. The van der Waals surface area contributed by atoms with Crippen LogP contribution in [0.4, 0.5) is 8.78 Å². The molecule has 7 heteroatoms. The van der Waals surface area contributed by atoms with Crippen LogP contribution in [0.1, 0.15) is 12.5 Å². The third kappa shape index (κ3) is 4.70. The van der Waals surface area contributed by atoms with Crippen molar-refractivity contribution in [2.75, 3.05) is 6.61 Å². The van der Waals surface area contributed by atoms with Crippen LogP contribution in [0.15, 0.2) is 18.2 Å². The Bertz CT molecular complexity index is 440. The molecule has 1 aromatic rings. The Morgan fingerprint density at radius 1 is 1.42 bits per heavy atom. The number of alkyl halides is 2. The molecule has 0 amide bonds. The number of carboxylic acids is 1. The first kappa shape index (κ1) is 15.2. The second kappa shape index (κ2) is 6.89. The molecule has 0 aliphatic heterocycles. The monoisotopic (exact) mass is 275 g/mol. The first-order valence-electron chi connectivity index (χ1n) is 5.68. The van der Waals surface area contributed by atoms with Crippen LogP contribution in [0.25, 0.3) is 0 Å². The molecule has 19 heavy (non-hydrogen) atoms. The maximum atomic E-state index is 12.2. The standard InChI is InChI=1S/C12H15F2NO4/c1-2-18-10-6-7(5-8(15)11(16)17)3-4-9(10)19-12(13)14/h3-4,6,8,12H,2,5,15H2,1H3,(H,16,17)/t8-/m0/s1. The van der Waals surface area contributed by atoms with Crippen molar-refractivity contribution >= 4 is 5.97 Å². The highest BCUT2D eigenvalue weighted by molar-refractivity contribution is 5.69. The highest BCUT2D eigenvalue weighted by Crippen LogP contribution is 2.30. The van der Waals surface area contributed by atoms with Gasteiger partial charge in [0.05, 0.1) is 12.6 Å². The molecule has 5 nitrogen and oxygen atoms in total. The second-order valence-corrected chi connectivity index (χ2v) is 3.81. The molecule has 0 heterocycles. The van der Waals surface area contributed by atoms with Crippen molar-refractivity contribution in [2.45, 2.75) is 26.0 Å². The minimum Gasteiger partial charge on any atom is -0.544 e. The molecule has 3 N–H and O–H groups in total. The summed E-state index contributed by atoms with van der Waals surface area (Å²) in [5.74, 6) is -1.22. The van der Waals surface area contributed by atoms with E-state index in [1.54, 1.807) is 6.92 Å². The molecule has 0 saturated heterocycles. The fourth-order valence-corrected chi connectivity index (χ4v) is 1.51. The van der Waals surface area contributed by atoms with Crippen LogP contribution in [0, 0.1) is 0 Å². The lowest BCUT2D eigenvalue weighted by Gasteiger charge is -2.14. The van der Waals surface area contributed by atoms with Gasteiger partial charge >= 0.3 is 6.61 Å². The molecule has 1 rings (SSSR count). The lowest BCUT2D eigenvalue weighted by Crippen LogP contribution is -2.69. The summed E-state index contributed by atoms with van der Waals surface area (Å²) in [7, 11) is 0. The van der Waals surface area contributed by atoms with Crippen molar-refractivity contribution in [2.24, 2.45) is 0 Å². The van der Waals surface area contributed by atoms with Gasteiger partial charge in [-0.25, -0.2) is 0 Å². The number of ether oxygens (including phenoxy) is 2. The molecule has 0 aromatic heterocycles. The Hall–Kier alpha value is -1.89. The van der Waals surface area contributed by atoms with Gasteiger partial charge in [0.1, 0.15) is 6.04 Å². The van der Waals surface area contributed by atoms with Crippen LogP contribution in [0.3, 0.4) is 0 Å². The van der Waals surface area contributed by atoms with Gasteiger partial charge in [0.15, 0.2) is 11.5 Å². The van der Waals surface area contributed by atoms with Crippen molar-refractivity contribution < 1.29 is 33.9 Å². The maximum absolute atomic E-state index is 12.2. The molecular formula is C12H15F2NO4. The summed E-state index contributed by atoms with van der Waals surface area (Å²) in [5, 5.41) is 10.6. The minimum atomic E-state index is -2.95. The molecular weight excluding hydrogens is 260 g/mol. The molecule has 1 aromatic carbocycles. The minimum absolute atomic E-state index is 0.0883. The Morgan fingerprint density at radius 2 is 2.11 bits per heavy atom. The molecule has 0 unspecified atom stereocenters. The van der Waals surface area contributed by atoms with Crippen molar-refractivity contribution in [1.29, 1.82) is 0 Å². The number of carboxylic acid groups (broad SMARTS) is 1. The van der Waals surface area contributed by atoms with Crippen LogP contribution in [0.5, 0.6) is 11.5 Å². The third-order valence-corrected chi connectivity index (χ3v) is 2.34. The van der Waals surface area contributed by atoms with Crippen molar-refractivity contribution in [1.82, 2.24) is 0 Å². The first-order valence-corrected chi connectivity index (χ1v) is 5.68. The van der Waals surface area contributed by atoms with Crippen molar-refractivity contribution in [3.05, 3.63) is 23.8 Å². The van der Waals surface area contributed by atoms with Crippen LogP contribution in [-0.2, 0) is 11.2 Å².